The Bertz CT molecular complexity index is 523. The fraction of sp³-hybridized carbons (Fsp3) is 0.471. The Labute approximate surface area is 122 Å². The lowest BCUT2D eigenvalue weighted by Crippen LogP contribution is -2.22. The lowest BCUT2D eigenvalue weighted by atomic mass is 10.0. The Hall–Kier alpha value is -1.61. The number of aromatic nitrogens is 2. The minimum atomic E-state index is 0.490. The van der Waals surface area contributed by atoms with Crippen LogP contribution in [0.3, 0.4) is 0 Å². The molecule has 0 fully saturated rings. The first-order valence-electron chi connectivity index (χ1n) is 7.39. The van der Waals surface area contributed by atoms with Crippen LogP contribution < -0.4 is 5.32 Å². The normalized spacial score (nSPS) is 11.5. The predicted octanol–water partition coefficient (Wildman–Crippen LogP) is 3.55. The summed E-state index contributed by atoms with van der Waals surface area (Å²) in [4.78, 5) is 0. The molecule has 0 bridgehead atoms. The van der Waals surface area contributed by atoms with Crippen molar-refractivity contribution < 1.29 is 0 Å². The highest BCUT2D eigenvalue weighted by atomic mass is 15.3. The molecular formula is C17H25N3. The third-order valence-corrected chi connectivity index (χ3v) is 3.38. The van der Waals surface area contributed by atoms with Crippen molar-refractivity contribution in [1.82, 2.24) is 15.1 Å². The van der Waals surface area contributed by atoms with Crippen LogP contribution in [0.15, 0.2) is 36.5 Å². The zero-order valence-electron chi connectivity index (χ0n) is 12.9. The molecule has 0 unspecified atom stereocenters. The smallest absolute Gasteiger partial charge is 0.0762 e. The summed E-state index contributed by atoms with van der Waals surface area (Å²) in [5.74, 6) is 0.586. The lowest BCUT2D eigenvalue weighted by Gasteiger charge is -2.07. The van der Waals surface area contributed by atoms with Gasteiger partial charge in [-0.3, -0.25) is 4.68 Å². The van der Waals surface area contributed by atoms with Gasteiger partial charge in [-0.2, -0.15) is 5.10 Å². The Morgan fingerprint density at radius 2 is 1.75 bits per heavy atom. The van der Waals surface area contributed by atoms with Gasteiger partial charge in [0.1, 0.15) is 0 Å². The number of nitrogens with zero attached hydrogens (tertiary/aromatic N) is 2. The predicted molar refractivity (Wildman–Crippen MR) is 83.8 cm³/mol. The summed E-state index contributed by atoms with van der Waals surface area (Å²) in [7, 11) is 0. The second-order valence-electron chi connectivity index (χ2n) is 5.94. The quantitative estimate of drug-likeness (QED) is 0.870. The van der Waals surface area contributed by atoms with Crippen LogP contribution in [0.1, 0.15) is 50.4 Å². The minimum Gasteiger partial charge on any atom is -0.309 e. The van der Waals surface area contributed by atoms with Gasteiger partial charge in [-0.05, 0) is 23.1 Å². The molecule has 1 aromatic carbocycles. The lowest BCUT2D eigenvalue weighted by molar-refractivity contribution is 0.570. The summed E-state index contributed by atoms with van der Waals surface area (Å²) < 4.78 is 2.00. The standard InChI is InChI=1S/C17H25N3/c1-13(2)16-7-5-15(6-8-16)12-20-10-9-17(19-20)11-18-14(3)4/h5-10,13-14,18H,11-12H2,1-4H3. The zero-order valence-corrected chi connectivity index (χ0v) is 12.9. The number of hydrogen-bond donors (Lipinski definition) is 1. The number of nitrogens with one attached hydrogen (secondary N) is 1. The highest BCUT2D eigenvalue weighted by molar-refractivity contribution is 5.24. The molecule has 108 valence electrons. The molecule has 1 heterocycles. The van der Waals surface area contributed by atoms with Crippen LogP contribution in [-0.4, -0.2) is 15.8 Å². The maximum atomic E-state index is 4.59. The van der Waals surface area contributed by atoms with Crippen molar-refractivity contribution >= 4 is 0 Å². The van der Waals surface area contributed by atoms with Gasteiger partial charge in [-0.15, -0.1) is 0 Å². The van der Waals surface area contributed by atoms with E-state index in [9.17, 15) is 0 Å². The maximum Gasteiger partial charge on any atom is 0.0762 e. The molecule has 1 N–H and O–H groups in total. The Morgan fingerprint density at radius 1 is 1.05 bits per heavy atom. The van der Waals surface area contributed by atoms with Gasteiger partial charge in [0.2, 0.25) is 0 Å². The topological polar surface area (TPSA) is 29.9 Å². The SMILES string of the molecule is CC(C)NCc1ccn(Cc2ccc(C(C)C)cc2)n1. The van der Waals surface area contributed by atoms with Crippen molar-refractivity contribution in [3.05, 3.63) is 53.3 Å². The van der Waals surface area contributed by atoms with Crippen LogP contribution in [0, 0.1) is 0 Å². The summed E-state index contributed by atoms with van der Waals surface area (Å²) >= 11 is 0. The number of hydrogen-bond acceptors (Lipinski definition) is 2. The highest BCUT2D eigenvalue weighted by Gasteiger charge is 2.02. The van der Waals surface area contributed by atoms with Crippen LogP contribution in [0.5, 0.6) is 0 Å². The van der Waals surface area contributed by atoms with E-state index in [1.165, 1.54) is 11.1 Å². The van der Waals surface area contributed by atoms with Crippen molar-refractivity contribution in [2.24, 2.45) is 0 Å². The average Bonchev–Trinajstić information content (AvgIpc) is 2.84. The van der Waals surface area contributed by atoms with Gasteiger partial charge < -0.3 is 5.32 Å². The molecule has 0 aliphatic rings. The van der Waals surface area contributed by atoms with Crippen molar-refractivity contribution in [2.45, 2.75) is 52.7 Å². The summed E-state index contributed by atoms with van der Waals surface area (Å²) in [6.07, 6.45) is 2.05. The average molecular weight is 271 g/mol. The summed E-state index contributed by atoms with van der Waals surface area (Å²) in [6.45, 7) is 10.4. The van der Waals surface area contributed by atoms with Crippen molar-refractivity contribution in [2.75, 3.05) is 0 Å². The molecule has 0 radical (unpaired) electrons. The molecule has 3 nitrogen and oxygen atoms in total. The van der Waals surface area contributed by atoms with Gasteiger partial charge in [-0.25, -0.2) is 0 Å². The zero-order chi connectivity index (χ0) is 14.5. The second-order valence-corrected chi connectivity index (χ2v) is 5.94. The van der Waals surface area contributed by atoms with Crippen LogP contribution in [0.4, 0.5) is 0 Å². The highest BCUT2D eigenvalue weighted by Crippen LogP contribution is 2.15. The minimum absolute atomic E-state index is 0.490. The van der Waals surface area contributed by atoms with Gasteiger partial charge >= 0.3 is 0 Å². The van der Waals surface area contributed by atoms with Gasteiger partial charge in [0.25, 0.3) is 0 Å². The first-order valence-corrected chi connectivity index (χ1v) is 7.39. The second kappa shape index (κ2) is 6.71. The molecule has 0 atom stereocenters. The number of benzene rings is 1. The van der Waals surface area contributed by atoms with Gasteiger partial charge in [0.05, 0.1) is 12.2 Å². The molecule has 0 amide bonds. The van der Waals surface area contributed by atoms with E-state index >= 15 is 0 Å². The summed E-state index contributed by atoms with van der Waals surface area (Å²) in [6, 6.07) is 11.4. The van der Waals surface area contributed by atoms with Crippen LogP contribution in [-0.2, 0) is 13.1 Å². The molecule has 2 aromatic rings. The first kappa shape index (κ1) is 14.8. The van der Waals surface area contributed by atoms with Crippen LogP contribution in [0.25, 0.3) is 0 Å². The molecule has 20 heavy (non-hydrogen) atoms. The number of rotatable bonds is 6. The largest absolute Gasteiger partial charge is 0.309 e. The molecular weight excluding hydrogens is 246 g/mol. The van der Waals surface area contributed by atoms with Gasteiger partial charge in [-0.1, -0.05) is 52.0 Å². The fourth-order valence-electron chi connectivity index (χ4n) is 2.09. The van der Waals surface area contributed by atoms with E-state index in [0.717, 1.165) is 18.8 Å². The summed E-state index contributed by atoms with van der Waals surface area (Å²) in [5.41, 5.74) is 3.77. The van der Waals surface area contributed by atoms with Crippen molar-refractivity contribution in [3.8, 4) is 0 Å². The van der Waals surface area contributed by atoms with E-state index in [0.29, 0.717) is 12.0 Å². The van der Waals surface area contributed by atoms with E-state index in [4.69, 9.17) is 0 Å². The molecule has 0 spiro atoms. The van der Waals surface area contributed by atoms with Crippen molar-refractivity contribution in [3.63, 3.8) is 0 Å². The van der Waals surface area contributed by atoms with E-state index in [-0.39, 0.29) is 0 Å². The van der Waals surface area contributed by atoms with Gasteiger partial charge in [0, 0.05) is 18.8 Å². The molecule has 2 rings (SSSR count). The fourth-order valence-corrected chi connectivity index (χ4v) is 2.09. The van der Waals surface area contributed by atoms with Gasteiger partial charge in [0.15, 0.2) is 0 Å². The van der Waals surface area contributed by atoms with E-state index in [2.05, 4.69) is 68.4 Å². The maximum absolute atomic E-state index is 4.59. The molecule has 0 aliphatic heterocycles. The van der Waals surface area contributed by atoms with E-state index in [1.807, 2.05) is 10.9 Å². The third-order valence-electron chi connectivity index (χ3n) is 3.38. The Morgan fingerprint density at radius 3 is 2.35 bits per heavy atom. The molecule has 0 saturated heterocycles. The van der Waals surface area contributed by atoms with Crippen LogP contribution >= 0.6 is 0 Å². The molecule has 3 heteroatoms. The molecule has 0 aliphatic carbocycles. The first-order chi connectivity index (χ1) is 9.54. The monoisotopic (exact) mass is 271 g/mol. The third kappa shape index (κ3) is 4.20. The Kier molecular flexibility index (Phi) is 4.96. The Balaban J connectivity index is 1.96. The van der Waals surface area contributed by atoms with Crippen molar-refractivity contribution in [1.29, 1.82) is 0 Å². The van der Waals surface area contributed by atoms with E-state index < -0.39 is 0 Å². The molecule has 1 aromatic heterocycles. The molecule has 0 saturated carbocycles. The van der Waals surface area contributed by atoms with Crippen LogP contribution in [0.2, 0.25) is 0 Å². The van der Waals surface area contributed by atoms with E-state index in [1.54, 1.807) is 0 Å². The summed E-state index contributed by atoms with van der Waals surface area (Å²) in [5, 5.41) is 7.97.